The Morgan fingerprint density at radius 1 is 1.24 bits per heavy atom. The first-order chi connectivity index (χ1) is 10.0. The predicted molar refractivity (Wildman–Crippen MR) is 80.9 cm³/mol. The van der Waals surface area contributed by atoms with E-state index in [-0.39, 0.29) is 17.1 Å². The maximum Gasteiger partial charge on any atom is 0.296 e. The lowest BCUT2D eigenvalue weighted by Gasteiger charge is -2.10. The Balaban J connectivity index is 2.38. The number of anilines is 1. The highest BCUT2D eigenvalue weighted by Gasteiger charge is 2.21. The summed E-state index contributed by atoms with van der Waals surface area (Å²) in [5, 5.41) is 23.1. The number of rotatable bonds is 4. The van der Waals surface area contributed by atoms with E-state index in [4.69, 9.17) is 0 Å². The van der Waals surface area contributed by atoms with Gasteiger partial charge in [-0.05, 0) is 24.5 Å². The Bertz CT molecular complexity index is 703. The summed E-state index contributed by atoms with van der Waals surface area (Å²) in [5.74, 6) is -0.858. The molecule has 2 N–H and O–H groups in total. The molecule has 0 aromatic heterocycles. The minimum absolute atomic E-state index is 0.205. The fourth-order valence-corrected chi connectivity index (χ4v) is 2.42. The van der Waals surface area contributed by atoms with Gasteiger partial charge < -0.3 is 10.4 Å². The van der Waals surface area contributed by atoms with Gasteiger partial charge in [-0.1, -0.05) is 18.2 Å². The van der Waals surface area contributed by atoms with Crippen molar-refractivity contribution in [3.63, 3.8) is 0 Å². The van der Waals surface area contributed by atoms with E-state index >= 15 is 0 Å². The second-order valence-electron chi connectivity index (χ2n) is 4.08. The van der Waals surface area contributed by atoms with Crippen molar-refractivity contribution >= 4 is 29.0 Å². The summed E-state index contributed by atoms with van der Waals surface area (Å²) in [7, 11) is 0. The van der Waals surface area contributed by atoms with Crippen molar-refractivity contribution in [2.24, 2.45) is 0 Å². The van der Waals surface area contributed by atoms with Crippen molar-refractivity contribution in [3.8, 4) is 5.75 Å². The number of carbonyl (C=O) groups is 1. The Morgan fingerprint density at radius 3 is 2.62 bits per heavy atom. The zero-order valence-electron chi connectivity index (χ0n) is 11.1. The fourth-order valence-electron chi connectivity index (χ4n) is 1.82. The maximum absolute atomic E-state index is 12.3. The van der Waals surface area contributed by atoms with Crippen LogP contribution in [0.4, 0.5) is 11.4 Å². The van der Waals surface area contributed by atoms with Crippen molar-refractivity contribution in [2.45, 2.75) is 4.90 Å². The summed E-state index contributed by atoms with van der Waals surface area (Å²) in [5.41, 5.74) is -0.170. The van der Waals surface area contributed by atoms with E-state index in [1.165, 1.54) is 30.0 Å². The molecule has 0 bridgehead atoms. The van der Waals surface area contributed by atoms with Crippen molar-refractivity contribution < 1.29 is 14.8 Å². The van der Waals surface area contributed by atoms with Crippen LogP contribution < -0.4 is 5.32 Å². The molecule has 2 rings (SSSR count). The van der Waals surface area contributed by atoms with E-state index in [9.17, 15) is 20.0 Å². The van der Waals surface area contributed by atoms with Crippen molar-refractivity contribution in [3.05, 3.63) is 58.1 Å². The number of benzene rings is 2. The molecule has 2 aromatic rings. The van der Waals surface area contributed by atoms with Crippen LogP contribution in [0.3, 0.4) is 0 Å². The Hall–Kier alpha value is -2.54. The molecule has 108 valence electrons. The molecule has 0 aliphatic heterocycles. The predicted octanol–water partition coefficient (Wildman–Crippen LogP) is 3.27. The molecule has 0 saturated carbocycles. The van der Waals surface area contributed by atoms with Crippen molar-refractivity contribution in [1.82, 2.24) is 0 Å². The van der Waals surface area contributed by atoms with Crippen LogP contribution >= 0.6 is 11.8 Å². The van der Waals surface area contributed by atoms with E-state index in [2.05, 4.69) is 5.32 Å². The number of thioether (sulfide) groups is 1. The van der Waals surface area contributed by atoms with Gasteiger partial charge >= 0.3 is 0 Å². The summed E-state index contributed by atoms with van der Waals surface area (Å²) in [6, 6.07) is 10.7. The van der Waals surface area contributed by atoms with Crippen LogP contribution in [0.5, 0.6) is 5.75 Å². The number of carbonyl (C=O) groups excluding carboxylic acids is 1. The first kappa shape index (κ1) is 14.9. The number of nitro benzene ring substituents is 1. The number of hydrogen-bond donors (Lipinski definition) is 2. The lowest BCUT2D eigenvalue weighted by Crippen LogP contribution is -2.14. The summed E-state index contributed by atoms with van der Waals surface area (Å²) < 4.78 is 0. The molecule has 1 amide bonds. The Kier molecular flexibility index (Phi) is 4.44. The van der Waals surface area contributed by atoms with Crippen LogP contribution in [0, 0.1) is 10.1 Å². The Labute approximate surface area is 125 Å². The summed E-state index contributed by atoms with van der Waals surface area (Å²) in [4.78, 5) is 23.3. The lowest BCUT2D eigenvalue weighted by atomic mass is 10.2. The van der Waals surface area contributed by atoms with Gasteiger partial charge in [0.05, 0.1) is 10.5 Å². The SMILES string of the molecule is CSc1ccccc1C(=O)Nc1c(O)cccc1[N+](=O)[O-]. The van der Waals surface area contributed by atoms with E-state index in [0.717, 1.165) is 4.90 Å². The van der Waals surface area contributed by atoms with Crippen LogP contribution in [0.25, 0.3) is 0 Å². The summed E-state index contributed by atoms with van der Waals surface area (Å²) in [6.45, 7) is 0. The highest BCUT2D eigenvalue weighted by Crippen LogP contribution is 2.34. The van der Waals surface area contributed by atoms with Gasteiger partial charge in [0, 0.05) is 11.0 Å². The second kappa shape index (κ2) is 6.27. The Morgan fingerprint density at radius 2 is 1.95 bits per heavy atom. The van der Waals surface area contributed by atoms with Gasteiger partial charge in [0.15, 0.2) is 5.69 Å². The standard InChI is InChI=1S/C14H12N2O4S/c1-21-12-8-3-2-5-9(12)14(18)15-13-10(16(19)20)6-4-7-11(13)17/h2-8,17H,1H3,(H,15,18). The molecule has 6 nitrogen and oxygen atoms in total. The molecule has 21 heavy (non-hydrogen) atoms. The zero-order chi connectivity index (χ0) is 15.4. The summed E-state index contributed by atoms with van der Waals surface area (Å²) in [6.07, 6.45) is 1.83. The first-order valence-electron chi connectivity index (χ1n) is 5.95. The third kappa shape index (κ3) is 3.14. The number of nitro groups is 1. The van der Waals surface area contributed by atoms with Gasteiger partial charge in [0.1, 0.15) is 5.75 Å². The van der Waals surface area contributed by atoms with Crippen LogP contribution in [0.2, 0.25) is 0 Å². The number of nitrogens with one attached hydrogen (secondary N) is 1. The van der Waals surface area contributed by atoms with E-state index in [0.29, 0.717) is 5.56 Å². The van der Waals surface area contributed by atoms with Crippen molar-refractivity contribution in [1.29, 1.82) is 0 Å². The third-order valence-corrected chi connectivity index (χ3v) is 3.60. The number of hydrogen-bond acceptors (Lipinski definition) is 5. The molecule has 0 heterocycles. The molecule has 7 heteroatoms. The number of nitrogens with zero attached hydrogens (tertiary/aromatic N) is 1. The number of phenolic OH excluding ortho intramolecular Hbond substituents is 1. The average Bonchev–Trinajstić information content (AvgIpc) is 2.48. The minimum Gasteiger partial charge on any atom is -0.505 e. The fraction of sp³-hybridized carbons (Fsp3) is 0.0714. The molecule has 0 radical (unpaired) electrons. The van der Waals surface area contributed by atoms with Crippen LogP contribution in [-0.2, 0) is 0 Å². The second-order valence-corrected chi connectivity index (χ2v) is 4.93. The number of phenols is 1. The van der Waals surface area contributed by atoms with Crippen LogP contribution in [-0.4, -0.2) is 22.2 Å². The highest BCUT2D eigenvalue weighted by atomic mass is 32.2. The molecule has 0 saturated heterocycles. The minimum atomic E-state index is -0.657. The average molecular weight is 304 g/mol. The van der Waals surface area contributed by atoms with Gasteiger partial charge in [-0.15, -0.1) is 11.8 Å². The number of para-hydroxylation sites is 1. The van der Waals surface area contributed by atoms with Crippen LogP contribution in [0.15, 0.2) is 47.4 Å². The zero-order valence-corrected chi connectivity index (χ0v) is 11.9. The molecule has 0 aliphatic carbocycles. The number of amides is 1. The van der Waals surface area contributed by atoms with Gasteiger partial charge in [-0.3, -0.25) is 14.9 Å². The summed E-state index contributed by atoms with van der Waals surface area (Å²) >= 11 is 1.39. The molecule has 0 atom stereocenters. The maximum atomic E-state index is 12.3. The van der Waals surface area contributed by atoms with Gasteiger partial charge in [-0.2, -0.15) is 0 Å². The molecular weight excluding hydrogens is 292 g/mol. The quantitative estimate of drug-likeness (QED) is 0.391. The smallest absolute Gasteiger partial charge is 0.296 e. The topological polar surface area (TPSA) is 92.5 Å². The van der Waals surface area contributed by atoms with E-state index in [1.807, 2.05) is 6.26 Å². The van der Waals surface area contributed by atoms with E-state index < -0.39 is 10.8 Å². The van der Waals surface area contributed by atoms with Crippen molar-refractivity contribution in [2.75, 3.05) is 11.6 Å². The van der Waals surface area contributed by atoms with Crippen LogP contribution in [0.1, 0.15) is 10.4 Å². The monoisotopic (exact) mass is 304 g/mol. The lowest BCUT2D eigenvalue weighted by molar-refractivity contribution is -0.384. The van der Waals surface area contributed by atoms with Gasteiger partial charge in [-0.25, -0.2) is 0 Å². The van der Waals surface area contributed by atoms with Gasteiger partial charge in [0.2, 0.25) is 0 Å². The molecule has 0 unspecified atom stereocenters. The molecule has 2 aromatic carbocycles. The molecular formula is C14H12N2O4S. The highest BCUT2D eigenvalue weighted by molar-refractivity contribution is 7.98. The number of aromatic hydroxyl groups is 1. The normalized spacial score (nSPS) is 10.1. The first-order valence-corrected chi connectivity index (χ1v) is 7.17. The van der Waals surface area contributed by atoms with E-state index in [1.54, 1.807) is 24.3 Å². The third-order valence-electron chi connectivity index (χ3n) is 2.81. The largest absolute Gasteiger partial charge is 0.505 e. The molecule has 0 spiro atoms. The molecule has 0 fully saturated rings. The molecule has 0 aliphatic rings. The van der Waals surface area contributed by atoms with Gasteiger partial charge in [0.25, 0.3) is 11.6 Å².